The molecule has 8 heteroatoms. The van der Waals surface area contributed by atoms with Gasteiger partial charge in [-0.1, -0.05) is 97.1 Å². The fourth-order valence-electron chi connectivity index (χ4n) is 4.71. The van der Waals surface area contributed by atoms with Crippen LogP contribution >= 0.6 is 0 Å². The SMILES string of the molecule is COC(=O)c1ccc(OCc2ccccc2OCc2ccccc2)c(OCc2ccccc2OCc2ccccc2)c1C(=O)OC. The summed E-state index contributed by atoms with van der Waals surface area (Å²) in [6.45, 7) is 0.852. The molecule has 0 aliphatic heterocycles. The Kier molecular flexibility index (Phi) is 10.9. The molecular weight excluding hydrogens is 584 g/mol. The highest BCUT2D eigenvalue weighted by atomic mass is 16.5. The van der Waals surface area contributed by atoms with Gasteiger partial charge in [0.1, 0.15) is 43.5 Å². The number of ether oxygens (including phenoxy) is 6. The van der Waals surface area contributed by atoms with Crippen molar-refractivity contribution in [1.29, 1.82) is 0 Å². The van der Waals surface area contributed by atoms with Gasteiger partial charge < -0.3 is 28.4 Å². The van der Waals surface area contributed by atoms with Crippen molar-refractivity contribution in [1.82, 2.24) is 0 Å². The molecule has 0 aliphatic rings. The largest absolute Gasteiger partial charge is 0.488 e. The lowest BCUT2D eigenvalue weighted by atomic mass is 10.1. The van der Waals surface area contributed by atoms with E-state index in [9.17, 15) is 9.59 Å². The van der Waals surface area contributed by atoms with Crippen molar-refractivity contribution in [2.45, 2.75) is 26.4 Å². The zero-order valence-corrected chi connectivity index (χ0v) is 25.6. The molecule has 0 spiro atoms. The predicted octanol–water partition coefficient (Wildman–Crippen LogP) is 7.58. The maximum absolute atomic E-state index is 13.1. The number of hydrogen-bond acceptors (Lipinski definition) is 8. The van der Waals surface area contributed by atoms with Gasteiger partial charge >= 0.3 is 11.9 Å². The van der Waals surface area contributed by atoms with Gasteiger partial charge in [-0.25, -0.2) is 9.59 Å². The van der Waals surface area contributed by atoms with Crippen LogP contribution in [0.5, 0.6) is 23.0 Å². The molecule has 0 aliphatic carbocycles. The number of para-hydroxylation sites is 2. The smallest absolute Gasteiger partial charge is 0.342 e. The van der Waals surface area contributed by atoms with E-state index in [1.54, 1.807) is 6.07 Å². The van der Waals surface area contributed by atoms with Gasteiger partial charge in [-0.3, -0.25) is 0 Å². The number of hydrogen-bond donors (Lipinski definition) is 0. The van der Waals surface area contributed by atoms with E-state index in [1.165, 1.54) is 20.3 Å². The summed E-state index contributed by atoms with van der Waals surface area (Å²) in [5, 5.41) is 0. The highest BCUT2D eigenvalue weighted by Gasteiger charge is 2.27. The van der Waals surface area contributed by atoms with Gasteiger partial charge in [-0.15, -0.1) is 0 Å². The Labute approximate surface area is 268 Å². The fraction of sp³-hybridized carbons (Fsp3) is 0.158. The van der Waals surface area contributed by atoms with Crippen molar-refractivity contribution in [3.8, 4) is 23.0 Å². The molecule has 0 N–H and O–H groups in total. The second kappa shape index (κ2) is 15.8. The summed E-state index contributed by atoms with van der Waals surface area (Å²) in [4.78, 5) is 25.8. The lowest BCUT2D eigenvalue weighted by Gasteiger charge is -2.19. The minimum absolute atomic E-state index is 0.00666. The quantitative estimate of drug-likeness (QED) is 0.118. The van der Waals surface area contributed by atoms with E-state index < -0.39 is 11.9 Å². The van der Waals surface area contributed by atoms with Crippen molar-refractivity contribution >= 4 is 11.9 Å². The first-order chi connectivity index (χ1) is 22.6. The van der Waals surface area contributed by atoms with Gasteiger partial charge in [0, 0.05) is 11.1 Å². The van der Waals surface area contributed by atoms with Crippen molar-refractivity contribution in [3.05, 3.63) is 155 Å². The van der Waals surface area contributed by atoms with E-state index in [0.717, 1.165) is 22.3 Å². The van der Waals surface area contributed by atoms with Crippen LogP contribution in [0.1, 0.15) is 43.0 Å². The lowest BCUT2D eigenvalue weighted by molar-refractivity contribution is 0.0549. The van der Waals surface area contributed by atoms with Crippen molar-refractivity contribution in [2.75, 3.05) is 14.2 Å². The van der Waals surface area contributed by atoms with E-state index in [2.05, 4.69) is 0 Å². The Morgan fingerprint density at radius 3 is 1.43 bits per heavy atom. The van der Waals surface area contributed by atoms with Crippen molar-refractivity contribution in [3.63, 3.8) is 0 Å². The highest BCUT2D eigenvalue weighted by Crippen LogP contribution is 2.37. The Balaban J connectivity index is 1.42. The van der Waals surface area contributed by atoms with Gasteiger partial charge in [0.15, 0.2) is 11.5 Å². The van der Waals surface area contributed by atoms with Crippen LogP contribution in [0.3, 0.4) is 0 Å². The van der Waals surface area contributed by atoms with Crippen LogP contribution < -0.4 is 18.9 Å². The molecule has 46 heavy (non-hydrogen) atoms. The standard InChI is InChI=1S/C38H34O8/c1-41-37(39)31-21-22-34(45-25-29-17-9-11-19-32(29)43-23-27-13-5-3-6-14-27)36(35(31)38(40)42-2)46-26-30-18-10-12-20-33(30)44-24-28-15-7-4-8-16-28/h3-22H,23-26H2,1-2H3. The van der Waals surface area contributed by atoms with E-state index >= 15 is 0 Å². The lowest BCUT2D eigenvalue weighted by Crippen LogP contribution is -2.15. The van der Waals surface area contributed by atoms with Crippen LogP contribution in [0.15, 0.2) is 121 Å². The molecule has 0 atom stereocenters. The van der Waals surface area contributed by atoms with Gasteiger partial charge in [0.25, 0.3) is 0 Å². The van der Waals surface area contributed by atoms with Gasteiger partial charge in [0.2, 0.25) is 0 Å². The van der Waals surface area contributed by atoms with Gasteiger partial charge in [0.05, 0.1) is 19.8 Å². The first-order valence-electron chi connectivity index (χ1n) is 14.7. The minimum Gasteiger partial charge on any atom is -0.488 e. The number of carbonyl (C=O) groups excluding carboxylic acids is 2. The highest BCUT2D eigenvalue weighted by molar-refractivity contribution is 6.05. The van der Waals surface area contributed by atoms with E-state index in [1.807, 2.05) is 109 Å². The summed E-state index contributed by atoms with van der Waals surface area (Å²) in [6, 6.07) is 37.7. The molecule has 0 unspecified atom stereocenters. The molecule has 0 amide bonds. The normalized spacial score (nSPS) is 10.5. The third-order valence-corrected chi connectivity index (χ3v) is 7.09. The van der Waals surface area contributed by atoms with Crippen LogP contribution in [0.25, 0.3) is 0 Å². The molecule has 0 heterocycles. The molecule has 0 fully saturated rings. The maximum atomic E-state index is 13.1. The van der Waals surface area contributed by atoms with E-state index in [4.69, 9.17) is 28.4 Å². The third-order valence-electron chi connectivity index (χ3n) is 7.09. The Hall–Kier alpha value is -5.76. The number of rotatable bonds is 14. The summed E-state index contributed by atoms with van der Waals surface area (Å²) in [7, 11) is 2.47. The molecule has 234 valence electrons. The number of methoxy groups -OCH3 is 2. The number of benzene rings is 5. The van der Waals surface area contributed by atoms with Gasteiger partial charge in [-0.05, 0) is 35.4 Å². The van der Waals surface area contributed by atoms with Crippen molar-refractivity contribution in [2.24, 2.45) is 0 Å². The van der Waals surface area contributed by atoms with E-state index in [0.29, 0.717) is 24.7 Å². The first-order valence-corrected chi connectivity index (χ1v) is 14.7. The molecule has 5 aromatic rings. The topological polar surface area (TPSA) is 89.5 Å². The fourth-order valence-corrected chi connectivity index (χ4v) is 4.71. The molecule has 0 aromatic heterocycles. The molecular formula is C38H34O8. The van der Waals surface area contributed by atoms with Crippen LogP contribution in [0.2, 0.25) is 0 Å². The second-order valence-electron chi connectivity index (χ2n) is 10.1. The Morgan fingerprint density at radius 1 is 0.457 bits per heavy atom. The summed E-state index contributed by atoms with van der Waals surface area (Å²) in [5.41, 5.74) is 3.42. The summed E-state index contributed by atoms with van der Waals surface area (Å²) < 4.78 is 34.7. The first kappa shape index (κ1) is 31.7. The molecule has 0 radical (unpaired) electrons. The molecule has 5 aromatic carbocycles. The summed E-state index contributed by atoms with van der Waals surface area (Å²) in [6.07, 6.45) is 0. The van der Waals surface area contributed by atoms with E-state index in [-0.39, 0.29) is 35.8 Å². The monoisotopic (exact) mass is 618 g/mol. The van der Waals surface area contributed by atoms with Crippen LogP contribution in [-0.4, -0.2) is 26.2 Å². The Bertz CT molecular complexity index is 1750. The molecule has 0 bridgehead atoms. The molecule has 8 nitrogen and oxygen atoms in total. The van der Waals surface area contributed by atoms with Crippen molar-refractivity contribution < 1.29 is 38.0 Å². The number of esters is 2. The minimum atomic E-state index is -0.777. The Morgan fingerprint density at radius 2 is 0.913 bits per heavy atom. The van der Waals surface area contributed by atoms with Crippen LogP contribution in [0, 0.1) is 0 Å². The zero-order chi connectivity index (χ0) is 32.1. The predicted molar refractivity (Wildman–Crippen MR) is 172 cm³/mol. The average Bonchev–Trinajstić information content (AvgIpc) is 3.12. The van der Waals surface area contributed by atoms with Crippen LogP contribution in [-0.2, 0) is 35.9 Å². The zero-order valence-electron chi connectivity index (χ0n) is 25.6. The van der Waals surface area contributed by atoms with Gasteiger partial charge in [-0.2, -0.15) is 0 Å². The maximum Gasteiger partial charge on any atom is 0.342 e. The molecule has 0 saturated heterocycles. The number of carbonyl (C=O) groups is 2. The molecule has 0 saturated carbocycles. The second-order valence-corrected chi connectivity index (χ2v) is 10.1. The average molecular weight is 619 g/mol. The third kappa shape index (κ3) is 8.04. The summed E-state index contributed by atoms with van der Waals surface area (Å²) in [5.74, 6) is 0.0350. The molecule has 5 rings (SSSR count). The summed E-state index contributed by atoms with van der Waals surface area (Å²) >= 11 is 0. The van der Waals surface area contributed by atoms with Crippen LogP contribution in [0.4, 0.5) is 0 Å².